The van der Waals surface area contributed by atoms with Crippen LogP contribution in [0.3, 0.4) is 0 Å². The Balaban J connectivity index is 1.97. The van der Waals surface area contributed by atoms with E-state index in [1.165, 1.54) is 31.5 Å². The van der Waals surface area contributed by atoms with Gasteiger partial charge in [-0.1, -0.05) is 26.0 Å². The molecule has 1 aliphatic heterocycles. The zero-order chi connectivity index (χ0) is 11.6. The maximum atomic E-state index is 5.79. The van der Waals surface area contributed by atoms with Crippen LogP contribution in [0.1, 0.15) is 32.3 Å². The molecule has 1 atom stereocenters. The minimum Gasteiger partial charge on any atom is -0.399 e. The lowest BCUT2D eigenvalue weighted by Crippen LogP contribution is -2.24. The fraction of sp³-hybridized carbons (Fsp3) is 0.571. The molecule has 2 heteroatoms. The second kappa shape index (κ2) is 4.46. The molecule has 0 amide bonds. The van der Waals surface area contributed by atoms with E-state index in [4.69, 9.17) is 5.73 Å². The number of nitrogens with two attached hydrogens (primary N) is 1. The SMILES string of the molecule is CCC1(C)CCN(Cc2cccc(N)c2)C1. The van der Waals surface area contributed by atoms with Crippen molar-refractivity contribution in [2.45, 2.75) is 33.2 Å². The van der Waals surface area contributed by atoms with E-state index in [2.05, 4.69) is 30.9 Å². The summed E-state index contributed by atoms with van der Waals surface area (Å²) in [6.45, 7) is 8.18. The highest BCUT2D eigenvalue weighted by Gasteiger charge is 2.31. The maximum Gasteiger partial charge on any atom is 0.0317 e. The molecule has 2 N–H and O–H groups in total. The third-order valence-corrected chi connectivity index (χ3v) is 3.85. The lowest BCUT2D eigenvalue weighted by molar-refractivity contribution is 0.263. The fourth-order valence-electron chi connectivity index (χ4n) is 2.50. The van der Waals surface area contributed by atoms with Crippen LogP contribution in [-0.2, 0) is 6.54 Å². The molecular formula is C14H22N2. The van der Waals surface area contributed by atoms with E-state index < -0.39 is 0 Å². The number of hydrogen-bond donors (Lipinski definition) is 1. The predicted octanol–water partition coefficient (Wildman–Crippen LogP) is 2.89. The lowest BCUT2D eigenvalue weighted by atomic mass is 9.87. The number of hydrogen-bond acceptors (Lipinski definition) is 2. The van der Waals surface area contributed by atoms with Gasteiger partial charge in [0, 0.05) is 18.8 Å². The van der Waals surface area contributed by atoms with E-state index >= 15 is 0 Å². The van der Waals surface area contributed by atoms with Crippen LogP contribution in [0.4, 0.5) is 5.69 Å². The Morgan fingerprint density at radius 3 is 2.88 bits per heavy atom. The van der Waals surface area contributed by atoms with Crippen molar-refractivity contribution in [2.75, 3.05) is 18.8 Å². The second-order valence-corrected chi connectivity index (χ2v) is 5.37. The number of anilines is 1. The Morgan fingerprint density at radius 2 is 2.25 bits per heavy atom. The molecule has 0 bridgehead atoms. The average molecular weight is 218 g/mol. The summed E-state index contributed by atoms with van der Waals surface area (Å²) in [5.41, 5.74) is 8.53. The Hall–Kier alpha value is -1.02. The zero-order valence-electron chi connectivity index (χ0n) is 10.4. The highest BCUT2D eigenvalue weighted by molar-refractivity contribution is 5.40. The fourth-order valence-corrected chi connectivity index (χ4v) is 2.50. The zero-order valence-corrected chi connectivity index (χ0v) is 10.4. The average Bonchev–Trinajstić information content (AvgIpc) is 2.61. The van der Waals surface area contributed by atoms with E-state index in [0.29, 0.717) is 5.41 Å². The van der Waals surface area contributed by atoms with Crippen molar-refractivity contribution < 1.29 is 0 Å². The molecule has 1 fully saturated rings. The minimum atomic E-state index is 0.528. The van der Waals surface area contributed by atoms with Gasteiger partial charge in [-0.3, -0.25) is 4.90 Å². The largest absolute Gasteiger partial charge is 0.399 e. The van der Waals surface area contributed by atoms with Crippen molar-refractivity contribution in [1.29, 1.82) is 0 Å². The van der Waals surface area contributed by atoms with E-state index in [9.17, 15) is 0 Å². The van der Waals surface area contributed by atoms with Crippen LogP contribution in [0.25, 0.3) is 0 Å². The molecule has 1 aromatic rings. The first-order valence-electron chi connectivity index (χ1n) is 6.18. The first-order valence-corrected chi connectivity index (χ1v) is 6.18. The number of nitrogens with zero attached hydrogens (tertiary/aromatic N) is 1. The van der Waals surface area contributed by atoms with Gasteiger partial charge in [0.2, 0.25) is 0 Å². The van der Waals surface area contributed by atoms with Crippen LogP contribution in [0.2, 0.25) is 0 Å². The smallest absolute Gasteiger partial charge is 0.0317 e. The molecule has 2 rings (SSSR count). The molecular weight excluding hydrogens is 196 g/mol. The number of benzene rings is 1. The first kappa shape index (κ1) is 11.5. The van der Waals surface area contributed by atoms with Crippen LogP contribution < -0.4 is 5.73 Å². The van der Waals surface area contributed by atoms with E-state index in [-0.39, 0.29) is 0 Å². The second-order valence-electron chi connectivity index (χ2n) is 5.37. The lowest BCUT2D eigenvalue weighted by Gasteiger charge is -2.22. The van der Waals surface area contributed by atoms with Crippen molar-refractivity contribution in [3.8, 4) is 0 Å². The summed E-state index contributed by atoms with van der Waals surface area (Å²) in [4.78, 5) is 2.54. The molecule has 1 aliphatic rings. The van der Waals surface area contributed by atoms with Gasteiger partial charge >= 0.3 is 0 Å². The van der Waals surface area contributed by atoms with Gasteiger partial charge in [0.25, 0.3) is 0 Å². The minimum absolute atomic E-state index is 0.528. The maximum absolute atomic E-state index is 5.79. The standard InChI is InChI=1S/C14H22N2/c1-3-14(2)7-8-16(11-14)10-12-5-4-6-13(15)9-12/h4-6,9H,3,7-8,10-11,15H2,1-2H3. The van der Waals surface area contributed by atoms with E-state index in [0.717, 1.165) is 12.2 Å². The molecule has 0 spiro atoms. The summed E-state index contributed by atoms with van der Waals surface area (Å²) in [5, 5.41) is 0. The summed E-state index contributed by atoms with van der Waals surface area (Å²) in [7, 11) is 0. The predicted molar refractivity (Wildman–Crippen MR) is 69.1 cm³/mol. The molecule has 88 valence electrons. The van der Waals surface area contributed by atoms with Crippen LogP contribution in [-0.4, -0.2) is 18.0 Å². The van der Waals surface area contributed by atoms with Gasteiger partial charge in [0.1, 0.15) is 0 Å². The highest BCUT2D eigenvalue weighted by atomic mass is 15.2. The Kier molecular flexibility index (Phi) is 3.20. The van der Waals surface area contributed by atoms with Gasteiger partial charge in [0.05, 0.1) is 0 Å². The van der Waals surface area contributed by atoms with Crippen LogP contribution >= 0.6 is 0 Å². The molecule has 1 saturated heterocycles. The highest BCUT2D eigenvalue weighted by Crippen LogP contribution is 2.33. The van der Waals surface area contributed by atoms with Crippen LogP contribution in [0.5, 0.6) is 0 Å². The van der Waals surface area contributed by atoms with E-state index in [1.807, 2.05) is 12.1 Å². The first-order chi connectivity index (χ1) is 7.61. The molecule has 0 aromatic heterocycles. The van der Waals surface area contributed by atoms with Crippen molar-refractivity contribution in [3.05, 3.63) is 29.8 Å². The van der Waals surface area contributed by atoms with Gasteiger partial charge in [-0.25, -0.2) is 0 Å². The summed E-state index contributed by atoms with van der Waals surface area (Å²) in [6.07, 6.45) is 2.60. The number of nitrogen functional groups attached to an aromatic ring is 1. The Bertz CT molecular complexity index is 362. The Labute approximate surface area is 98.4 Å². The summed E-state index contributed by atoms with van der Waals surface area (Å²) in [5.74, 6) is 0. The normalized spacial score (nSPS) is 26.1. The van der Waals surface area contributed by atoms with E-state index in [1.54, 1.807) is 0 Å². The third-order valence-electron chi connectivity index (χ3n) is 3.85. The third kappa shape index (κ3) is 2.56. The van der Waals surface area contributed by atoms with Crippen LogP contribution in [0.15, 0.2) is 24.3 Å². The monoisotopic (exact) mass is 218 g/mol. The summed E-state index contributed by atoms with van der Waals surface area (Å²) >= 11 is 0. The van der Waals surface area contributed by atoms with Crippen molar-refractivity contribution in [2.24, 2.45) is 5.41 Å². The summed E-state index contributed by atoms with van der Waals surface area (Å²) in [6, 6.07) is 8.24. The number of likely N-dealkylation sites (tertiary alicyclic amines) is 1. The quantitative estimate of drug-likeness (QED) is 0.790. The molecule has 2 nitrogen and oxygen atoms in total. The number of rotatable bonds is 3. The van der Waals surface area contributed by atoms with Crippen LogP contribution in [0, 0.1) is 5.41 Å². The van der Waals surface area contributed by atoms with Gasteiger partial charge in [-0.05, 0) is 42.5 Å². The molecule has 0 aliphatic carbocycles. The van der Waals surface area contributed by atoms with Crippen molar-refractivity contribution in [1.82, 2.24) is 4.90 Å². The molecule has 1 unspecified atom stereocenters. The van der Waals surface area contributed by atoms with Crippen molar-refractivity contribution in [3.63, 3.8) is 0 Å². The van der Waals surface area contributed by atoms with Gasteiger partial charge in [0.15, 0.2) is 0 Å². The Morgan fingerprint density at radius 1 is 1.44 bits per heavy atom. The van der Waals surface area contributed by atoms with Gasteiger partial charge in [-0.15, -0.1) is 0 Å². The molecule has 0 radical (unpaired) electrons. The molecule has 1 heterocycles. The van der Waals surface area contributed by atoms with Gasteiger partial charge < -0.3 is 5.73 Å². The van der Waals surface area contributed by atoms with Gasteiger partial charge in [-0.2, -0.15) is 0 Å². The van der Waals surface area contributed by atoms with Crippen molar-refractivity contribution >= 4 is 5.69 Å². The topological polar surface area (TPSA) is 29.3 Å². The summed E-state index contributed by atoms with van der Waals surface area (Å²) < 4.78 is 0. The molecule has 1 aromatic carbocycles. The molecule has 16 heavy (non-hydrogen) atoms. The molecule has 0 saturated carbocycles.